The predicted octanol–water partition coefficient (Wildman–Crippen LogP) is 6.66. The molecule has 0 unspecified atom stereocenters. The van der Waals surface area contributed by atoms with Crippen molar-refractivity contribution in [3.63, 3.8) is 0 Å². The van der Waals surface area contributed by atoms with E-state index >= 15 is 0 Å². The third-order valence-corrected chi connectivity index (χ3v) is 5.68. The van der Waals surface area contributed by atoms with Crippen molar-refractivity contribution in [2.24, 2.45) is 0 Å². The van der Waals surface area contributed by atoms with Gasteiger partial charge in [-0.1, -0.05) is 62.9 Å². The Morgan fingerprint density at radius 3 is 2.46 bits per heavy atom. The van der Waals surface area contributed by atoms with E-state index in [-0.39, 0.29) is 0 Å². The Morgan fingerprint density at radius 2 is 1.62 bits per heavy atom. The van der Waals surface area contributed by atoms with Gasteiger partial charge in [-0.25, -0.2) is 0 Å². The highest BCUT2D eigenvalue weighted by molar-refractivity contribution is 7.99. The van der Waals surface area contributed by atoms with Gasteiger partial charge >= 0.3 is 0 Å². The summed E-state index contributed by atoms with van der Waals surface area (Å²) in [6.45, 7) is 3.36. The van der Waals surface area contributed by atoms with Crippen molar-refractivity contribution in [2.75, 3.05) is 18.6 Å². The normalized spacial score (nSPS) is 12.7. The molecule has 2 aromatic carbocycles. The number of nitrogens with zero attached hydrogens (tertiary/aromatic N) is 1. The molecule has 1 heterocycles. The van der Waals surface area contributed by atoms with E-state index in [0.29, 0.717) is 0 Å². The van der Waals surface area contributed by atoms with Gasteiger partial charge in [0.2, 0.25) is 0 Å². The van der Waals surface area contributed by atoms with Crippen LogP contribution in [0.3, 0.4) is 0 Å². The third kappa shape index (κ3) is 3.89. The number of anilines is 2. The second-order valence-electron chi connectivity index (χ2n) is 6.32. The van der Waals surface area contributed by atoms with E-state index < -0.39 is 0 Å². The maximum atomic E-state index is 5.41. The first-order valence-corrected chi connectivity index (χ1v) is 9.87. The fourth-order valence-corrected chi connectivity index (χ4v) is 4.36. The molecule has 0 saturated heterocycles. The van der Waals surface area contributed by atoms with Crippen molar-refractivity contribution in [3.05, 3.63) is 42.5 Å². The van der Waals surface area contributed by atoms with Crippen molar-refractivity contribution in [3.8, 4) is 5.75 Å². The van der Waals surface area contributed by atoms with Gasteiger partial charge in [-0.05, 0) is 36.8 Å². The van der Waals surface area contributed by atoms with Crippen molar-refractivity contribution in [1.82, 2.24) is 0 Å². The second kappa shape index (κ2) is 8.48. The fraction of sp³-hybridized carbons (Fsp3) is 0.429. The minimum Gasteiger partial charge on any atom is -0.497 e. The highest BCUT2D eigenvalue weighted by Crippen LogP contribution is 2.49. The van der Waals surface area contributed by atoms with E-state index in [9.17, 15) is 0 Å². The summed E-state index contributed by atoms with van der Waals surface area (Å²) in [4.78, 5) is 5.11. The lowest BCUT2D eigenvalue weighted by molar-refractivity contribution is 0.413. The lowest BCUT2D eigenvalue weighted by Gasteiger charge is -2.33. The summed E-state index contributed by atoms with van der Waals surface area (Å²) in [5.41, 5.74) is 2.65. The highest BCUT2D eigenvalue weighted by Gasteiger charge is 2.23. The van der Waals surface area contributed by atoms with E-state index in [4.69, 9.17) is 4.74 Å². The van der Waals surface area contributed by atoms with Crippen molar-refractivity contribution in [1.29, 1.82) is 0 Å². The Kier molecular flexibility index (Phi) is 6.08. The molecule has 0 radical (unpaired) electrons. The van der Waals surface area contributed by atoms with Crippen LogP contribution in [0, 0.1) is 0 Å². The highest BCUT2D eigenvalue weighted by atomic mass is 32.2. The minimum atomic E-state index is 0.931. The Labute approximate surface area is 150 Å². The Hall–Kier alpha value is -1.61. The zero-order valence-electron chi connectivity index (χ0n) is 14.8. The predicted molar refractivity (Wildman–Crippen MR) is 104 cm³/mol. The molecule has 2 nitrogen and oxygen atoms in total. The Balaban J connectivity index is 1.75. The molecule has 24 heavy (non-hydrogen) atoms. The van der Waals surface area contributed by atoms with Gasteiger partial charge in [-0.2, -0.15) is 0 Å². The molecule has 0 atom stereocenters. The molecule has 2 aromatic rings. The van der Waals surface area contributed by atoms with Crippen LogP contribution in [-0.4, -0.2) is 13.7 Å². The molecule has 0 saturated carbocycles. The van der Waals surface area contributed by atoms with E-state index in [2.05, 4.69) is 54.3 Å². The molecule has 0 spiro atoms. The van der Waals surface area contributed by atoms with E-state index in [0.717, 1.165) is 12.3 Å². The summed E-state index contributed by atoms with van der Waals surface area (Å²) < 4.78 is 5.41. The number of unbranched alkanes of at least 4 members (excludes halogenated alkanes) is 5. The van der Waals surface area contributed by atoms with Crippen LogP contribution in [0.4, 0.5) is 11.4 Å². The van der Waals surface area contributed by atoms with E-state index in [1.165, 1.54) is 59.7 Å². The van der Waals surface area contributed by atoms with Crippen LogP contribution in [0.25, 0.3) is 0 Å². The van der Waals surface area contributed by atoms with Gasteiger partial charge in [-0.3, -0.25) is 0 Å². The number of ether oxygens (including phenoxy) is 1. The number of benzene rings is 2. The minimum absolute atomic E-state index is 0.931. The van der Waals surface area contributed by atoms with Crippen molar-refractivity contribution in [2.45, 2.75) is 55.2 Å². The number of para-hydroxylation sites is 1. The number of methoxy groups -OCH3 is 1. The van der Waals surface area contributed by atoms with Crippen LogP contribution in [0.15, 0.2) is 52.3 Å². The molecule has 0 aromatic heterocycles. The number of hydrogen-bond acceptors (Lipinski definition) is 3. The lowest BCUT2D eigenvalue weighted by atomic mass is 10.1. The van der Waals surface area contributed by atoms with E-state index in [1.54, 1.807) is 7.11 Å². The standard InChI is InChI=1S/C21H27NOS/c1-3-4-5-6-7-10-15-22-18-11-8-9-12-20(18)24-21-16-17(23-2)13-14-19(21)22/h8-9,11-14,16H,3-7,10,15H2,1-2H3. The summed E-state index contributed by atoms with van der Waals surface area (Å²) in [6.07, 6.45) is 7.97. The monoisotopic (exact) mass is 341 g/mol. The molecule has 0 aliphatic carbocycles. The van der Waals surface area contributed by atoms with Crippen LogP contribution < -0.4 is 9.64 Å². The topological polar surface area (TPSA) is 12.5 Å². The van der Waals surface area contributed by atoms with Crippen LogP contribution in [0.1, 0.15) is 45.4 Å². The maximum Gasteiger partial charge on any atom is 0.120 e. The molecule has 128 valence electrons. The number of hydrogen-bond donors (Lipinski definition) is 0. The molecule has 1 aliphatic heterocycles. The molecule has 0 amide bonds. The third-order valence-electron chi connectivity index (χ3n) is 4.57. The smallest absolute Gasteiger partial charge is 0.120 e. The van der Waals surface area contributed by atoms with Gasteiger partial charge in [0, 0.05) is 16.3 Å². The largest absolute Gasteiger partial charge is 0.497 e. The SMILES string of the molecule is CCCCCCCCN1c2ccccc2Sc2cc(OC)ccc21. The molecular formula is C21H27NOS. The van der Waals surface area contributed by atoms with Crippen LogP contribution in [0.5, 0.6) is 5.75 Å². The number of fused-ring (bicyclic) bond motifs is 2. The first kappa shape index (κ1) is 17.2. The van der Waals surface area contributed by atoms with Crippen LogP contribution in [-0.2, 0) is 0 Å². The molecule has 3 rings (SSSR count). The Bertz CT molecular complexity index is 671. The Morgan fingerprint density at radius 1 is 0.875 bits per heavy atom. The summed E-state index contributed by atoms with van der Waals surface area (Å²) in [7, 11) is 1.73. The second-order valence-corrected chi connectivity index (χ2v) is 7.41. The van der Waals surface area contributed by atoms with Gasteiger partial charge in [0.15, 0.2) is 0 Å². The first-order valence-electron chi connectivity index (χ1n) is 9.06. The van der Waals surface area contributed by atoms with Gasteiger partial charge in [0.1, 0.15) is 5.75 Å². The van der Waals surface area contributed by atoms with E-state index in [1.807, 2.05) is 11.8 Å². The van der Waals surface area contributed by atoms with Gasteiger partial charge in [0.25, 0.3) is 0 Å². The quantitative estimate of drug-likeness (QED) is 0.498. The van der Waals surface area contributed by atoms with Crippen molar-refractivity contribution >= 4 is 23.1 Å². The molecule has 1 aliphatic rings. The summed E-state index contributed by atoms with van der Waals surface area (Å²) in [5.74, 6) is 0.931. The molecule has 0 bridgehead atoms. The zero-order chi connectivity index (χ0) is 16.8. The molecule has 3 heteroatoms. The average molecular weight is 342 g/mol. The maximum absolute atomic E-state index is 5.41. The molecule has 0 N–H and O–H groups in total. The molecular weight excluding hydrogens is 314 g/mol. The van der Waals surface area contributed by atoms with Crippen LogP contribution >= 0.6 is 11.8 Å². The summed E-state index contributed by atoms with van der Waals surface area (Å²) >= 11 is 1.84. The summed E-state index contributed by atoms with van der Waals surface area (Å²) in [6, 6.07) is 15.2. The molecule has 0 fully saturated rings. The van der Waals surface area contributed by atoms with Gasteiger partial charge in [0.05, 0.1) is 18.5 Å². The zero-order valence-corrected chi connectivity index (χ0v) is 15.6. The first-order chi connectivity index (χ1) is 11.8. The van der Waals surface area contributed by atoms with Crippen LogP contribution in [0.2, 0.25) is 0 Å². The lowest BCUT2D eigenvalue weighted by Crippen LogP contribution is -2.21. The van der Waals surface area contributed by atoms with Gasteiger partial charge in [-0.15, -0.1) is 0 Å². The fourth-order valence-electron chi connectivity index (χ4n) is 3.23. The van der Waals surface area contributed by atoms with Gasteiger partial charge < -0.3 is 9.64 Å². The van der Waals surface area contributed by atoms with Crippen molar-refractivity contribution < 1.29 is 4.74 Å². The summed E-state index contributed by atoms with van der Waals surface area (Å²) in [5, 5.41) is 0. The average Bonchev–Trinajstić information content (AvgIpc) is 2.63. The number of rotatable bonds is 8.